The number of hydrogen-bond donors (Lipinski definition) is 1. The minimum atomic E-state index is -0.457. The maximum Gasteiger partial charge on any atom is 0.348 e. The number of thiophene rings is 1. The summed E-state index contributed by atoms with van der Waals surface area (Å²) in [5, 5.41) is 0.432. The normalized spacial score (nSPS) is 11.3. The monoisotopic (exact) mass is 404 g/mol. The van der Waals surface area contributed by atoms with Gasteiger partial charge in [0.25, 0.3) is 5.56 Å². The predicted molar refractivity (Wildman–Crippen MR) is 99.4 cm³/mol. The van der Waals surface area contributed by atoms with E-state index in [-0.39, 0.29) is 5.56 Å². The van der Waals surface area contributed by atoms with Gasteiger partial charge in [0.15, 0.2) is 0 Å². The van der Waals surface area contributed by atoms with Gasteiger partial charge in [-0.25, -0.2) is 9.78 Å². The van der Waals surface area contributed by atoms with Crippen LogP contribution in [0.3, 0.4) is 0 Å². The summed E-state index contributed by atoms with van der Waals surface area (Å²) in [7, 11) is 1.32. The minimum absolute atomic E-state index is 0.264. The minimum Gasteiger partial charge on any atom is -0.465 e. The van der Waals surface area contributed by atoms with Crippen LogP contribution < -0.4 is 5.56 Å². The Morgan fingerprint density at radius 1 is 1.29 bits per heavy atom. The Bertz CT molecular complexity index is 1000. The van der Waals surface area contributed by atoms with Gasteiger partial charge in [0.2, 0.25) is 0 Å². The van der Waals surface area contributed by atoms with Crippen molar-refractivity contribution in [3.8, 4) is 0 Å². The number of hydrogen-bond acceptors (Lipinski definition) is 5. The molecule has 0 bridgehead atoms. The van der Waals surface area contributed by atoms with Crippen LogP contribution in [-0.2, 0) is 4.74 Å². The number of H-pyrrole nitrogens is 1. The Morgan fingerprint density at radius 2 is 2.00 bits per heavy atom. The maximum atomic E-state index is 12.3. The number of nitrogens with zero attached hydrogens (tertiary/aromatic N) is 1. The quantitative estimate of drug-likeness (QED) is 0.669. The lowest BCUT2D eigenvalue weighted by Gasteiger charge is -1.97. The number of aromatic amines is 1. The zero-order chi connectivity index (χ0) is 17.3. The van der Waals surface area contributed by atoms with Crippen molar-refractivity contribution < 1.29 is 9.53 Å². The smallest absolute Gasteiger partial charge is 0.348 e. The molecule has 0 aliphatic carbocycles. The molecule has 0 fully saturated rings. The topological polar surface area (TPSA) is 72.0 Å². The molecule has 0 saturated carbocycles. The van der Waals surface area contributed by atoms with E-state index in [1.54, 1.807) is 13.0 Å². The third-order valence-corrected chi connectivity index (χ3v) is 5.19. The van der Waals surface area contributed by atoms with Crippen molar-refractivity contribution >= 4 is 55.6 Å². The van der Waals surface area contributed by atoms with Gasteiger partial charge in [-0.2, -0.15) is 0 Å². The summed E-state index contributed by atoms with van der Waals surface area (Å²) in [4.78, 5) is 32.2. The molecule has 3 rings (SSSR count). The Morgan fingerprint density at radius 3 is 2.67 bits per heavy atom. The highest BCUT2D eigenvalue weighted by Gasteiger charge is 2.19. The van der Waals surface area contributed by atoms with Crippen molar-refractivity contribution in [1.82, 2.24) is 9.97 Å². The first-order chi connectivity index (χ1) is 11.5. The van der Waals surface area contributed by atoms with Gasteiger partial charge in [0.05, 0.1) is 12.5 Å². The predicted octanol–water partition coefficient (Wildman–Crippen LogP) is 4.01. The third-order valence-electron chi connectivity index (χ3n) is 3.49. The van der Waals surface area contributed by atoms with Gasteiger partial charge in [0, 0.05) is 4.47 Å². The lowest BCUT2D eigenvalue weighted by Crippen LogP contribution is -2.09. The number of aryl methyl sites for hydroxylation is 1. The first kappa shape index (κ1) is 16.6. The maximum absolute atomic E-state index is 12.3. The van der Waals surface area contributed by atoms with Crippen LogP contribution in [-0.4, -0.2) is 23.0 Å². The van der Waals surface area contributed by atoms with E-state index >= 15 is 0 Å². The molecule has 2 heterocycles. The van der Waals surface area contributed by atoms with Crippen molar-refractivity contribution in [2.24, 2.45) is 0 Å². The summed E-state index contributed by atoms with van der Waals surface area (Å²) in [6.07, 6.45) is 3.59. The number of carbonyl (C=O) groups excluding carboxylic acids is 1. The molecule has 24 heavy (non-hydrogen) atoms. The zero-order valence-electron chi connectivity index (χ0n) is 12.9. The van der Waals surface area contributed by atoms with Crippen LogP contribution in [0.4, 0.5) is 0 Å². The number of rotatable bonds is 3. The largest absolute Gasteiger partial charge is 0.465 e. The van der Waals surface area contributed by atoms with Crippen molar-refractivity contribution in [1.29, 1.82) is 0 Å². The molecule has 1 aromatic carbocycles. The van der Waals surface area contributed by atoms with Crippen LogP contribution in [0, 0.1) is 6.92 Å². The van der Waals surface area contributed by atoms with E-state index in [9.17, 15) is 9.59 Å². The van der Waals surface area contributed by atoms with E-state index in [2.05, 4.69) is 25.9 Å². The summed E-state index contributed by atoms with van der Waals surface area (Å²) in [6, 6.07) is 7.76. The van der Waals surface area contributed by atoms with Crippen LogP contribution in [0.2, 0.25) is 0 Å². The summed E-state index contributed by atoms with van der Waals surface area (Å²) in [5.41, 5.74) is 1.32. The van der Waals surface area contributed by atoms with Crippen molar-refractivity contribution in [3.63, 3.8) is 0 Å². The average Bonchev–Trinajstić information content (AvgIpc) is 2.91. The number of esters is 1. The molecular weight excluding hydrogens is 392 g/mol. The van der Waals surface area contributed by atoms with Crippen molar-refractivity contribution in [2.75, 3.05) is 7.11 Å². The molecule has 3 aromatic rings. The number of aromatic nitrogens is 2. The SMILES string of the molecule is COC(=O)c1sc2nc(/C=C/c3ccc(Br)cc3)[nH]c(=O)c2c1C. The molecule has 0 atom stereocenters. The zero-order valence-corrected chi connectivity index (χ0v) is 15.3. The van der Waals surface area contributed by atoms with Crippen LogP contribution in [0.5, 0.6) is 0 Å². The van der Waals surface area contributed by atoms with E-state index in [4.69, 9.17) is 4.74 Å². The van der Waals surface area contributed by atoms with E-state index in [1.165, 1.54) is 7.11 Å². The molecule has 0 radical (unpaired) electrons. The first-order valence-corrected chi connectivity index (χ1v) is 8.66. The van der Waals surface area contributed by atoms with Crippen molar-refractivity contribution in [2.45, 2.75) is 6.92 Å². The summed E-state index contributed by atoms with van der Waals surface area (Å²) < 4.78 is 5.74. The fraction of sp³-hybridized carbons (Fsp3) is 0.118. The van der Waals surface area contributed by atoms with Crippen LogP contribution >= 0.6 is 27.3 Å². The molecule has 0 unspecified atom stereocenters. The summed E-state index contributed by atoms with van der Waals surface area (Å²) >= 11 is 4.55. The molecule has 2 aromatic heterocycles. The van der Waals surface area contributed by atoms with Gasteiger partial charge in [0.1, 0.15) is 15.5 Å². The molecule has 1 N–H and O–H groups in total. The fourth-order valence-corrected chi connectivity index (χ4v) is 3.65. The second kappa shape index (κ2) is 6.70. The van der Waals surface area contributed by atoms with Crippen molar-refractivity contribution in [3.05, 3.63) is 60.9 Å². The van der Waals surface area contributed by atoms with E-state index < -0.39 is 5.97 Å². The lowest BCUT2D eigenvalue weighted by molar-refractivity contribution is 0.0605. The highest BCUT2D eigenvalue weighted by Crippen LogP contribution is 2.27. The highest BCUT2D eigenvalue weighted by molar-refractivity contribution is 9.10. The van der Waals surface area contributed by atoms with Gasteiger partial charge < -0.3 is 9.72 Å². The summed E-state index contributed by atoms with van der Waals surface area (Å²) in [6.45, 7) is 1.72. The van der Waals surface area contributed by atoms with Gasteiger partial charge in [-0.05, 0) is 36.3 Å². The molecule has 0 aliphatic rings. The molecular formula is C17H13BrN2O3S. The lowest BCUT2D eigenvalue weighted by atomic mass is 10.2. The van der Waals surface area contributed by atoms with Gasteiger partial charge >= 0.3 is 5.97 Å². The fourth-order valence-electron chi connectivity index (χ4n) is 2.28. The number of methoxy groups -OCH3 is 1. The first-order valence-electron chi connectivity index (χ1n) is 7.05. The molecule has 0 aliphatic heterocycles. The van der Waals surface area contributed by atoms with Gasteiger partial charge in [-0.15, -0.1) is 11.3 Å². The Balaban J connectivity index is 2.03. The van der Waals surface area contributed by atoms with Gasteiger partial charge in [-0.1, -0.05) is 34.1 Å². The van der Waals surface area contributed by atoms with E-state index in [0.29, 0.717) is 26.5 Å². The number of ether oxygens (including phenoxy) is 1. The Labute approximate surface area is 150 Å². The third kappa shape index (κ3) is 3.18. The highest BCUT2D eigenvalue weighted by atomic mass is 79.9. The van der Waals surface area contributed by atoms with Crippen LogP contribution in [0.15, 0.2) is 33.5 Å². The second-order valence-corrected chi connectivity index (χ2v) is 6.98. The summed E-state index contributed by atoms with van der Waals surface area (Å²) in [5.74, 6) is -0.0186. The number of halogens is 1. The van der Waals surface area contributed by atoms with Gasteiger partial charge in [-0.3, -0.25) is 4.79 Å². The van der Waals surface area contributed by atoms with Crippen LogP contribution in [0.1, 0.15) is 26.6 Å². The molecule has 0 amide bonds. The Hall–Kier alpha value is -2.25. The molecule has 122 valence electrons. The molecule has 5 nitrogen and oxygen atoms in total. The second-order valence-electron chi connectivity index (χ2n) is 5.06. The number of fused-ring (bicyclic) bond motifs is 1. The standard InChI is InChI=1S/C17H13BrN2O3S/c1-9-13-15(21)19-12(8-5-10-3-6-11(18)7-4-10)20-16(13)24-14(9)17(22)23-2/h3-8H,1-2H3,(H,19,20,21)/b8-5+. The van der Waals surface area contributed by atoms with E-state index in [1.807, 2.05) is 30.3 Å². The van der Waals surface area contributed by atoms with E-state index in [0.717, 1.165) is 21.4 Å². The number of benzene rings is 1. The number of nitrogens with one attached hydrogen (secondary N) is 1. The molecule has 7 heteroatoms. The van der Waals surface area contributed by atoms with Crippen LogP contribution in [0.25, 0.3) is 22.4 Å². The Kier molecular flexibility index (Phi) is 4.64. The average molecular weight is 405 g/mol. The molecule has 0 spiro atoms. The molecule has 0 saturated heterocycles. The number of carbonyl (C=O) groups is 1.